The first-order valence-corrected chi connectivity index (χ1v) is 15.6. The number of para-hydroxylation sites is 1. The number of nitrogens with one attached hydrogen (secondary N) is 3. The molecule has 4 aromatic carbocycles. The van der Waals surface area contributed by atoms with E-state index in [0.717, 1.165) is 35.0 Å². The predicted octanol–water partition coefficient (Wildman–Crippen LogP) is 6.06. The summed E-state index contributed by atoms with van der Waals surface area (Å²) in [6.07, 6.45) is 1.68. The molecule has 6 rings (SSSR count). The van der Waals surface area contributed by atoms with Crippen molar-refractivity contribution in [2.24, 2.45) is 0 Å². The Labute approximate surface area is 250 Å². The number of hydrogen-bond donors (Lipinski definition) is 3. The summed E-state index contributed by atoms with van der Waals surface area (Å²) in [4.78, 5) is 12.8. The third kappa shape index (κ3) is 6.41. The third-order valence-electron chi connectivity index (χ3n) is 7.40. The van der Waals surface area contributed by atoms with Crippen LogP contribution in [0.25, 0.3) is 22.0 Å². The number of amides is 1. The highest BCUT2D eigenvalue weighted by molar-refractivity contribution is 7.89. The maximum atomic E-state index is 13.2. The van der Waals surface area contributed by atoms with Crippen molar-refractivity contribution in [3.8, 4) is 11.3 Å². The Bertz CT molecular complexity index is 1870. The summed E-state index contributed by atoms with van der Waals surface area (Å²) in [6.45, 7) is 2.68. The fraction of sp³-hybridized carbons (Fsp3) is 0.182. The molecule has 3 N–H and O–H groups in total. The van der Waals surface area contributed by atoms with E-state index in [4.69, 9.17) is 4.74 Å². The zero-order chi connectivity index (χ0) is 29.8. The van der Waals surface area contributed by atoms with Gasteiger partial charge in [-0.15, -0.1) is 10.2 Å². The van der Waals surface area contributed by atoms with E-state index >= 15 is 0 Å². The fourth-order valence-corrected chi connectivity index (χ4v) is 6.43. The van der Waals surface area contributed by atoms with Crippen LogP contribution >= 0.6 is 0 Å². The van der Waals surface area contributed by atoms with E-state index in [2.05, 4.69) is 25.6 Å². The predicted molar refractivity (Wildman–Crippen MR) is 168 cm³/mol. The van der Waals surface area contributed by atoms with Gasteiger partial charge in [-0.3, -0.25) is 4.79 Å². The summed E-state index contributed by atoms with van der Waals surface area (Å²) in [6, 6.07) is 29.4. The molecule has 43 heavy (non-hydrogen) atoms. The molecule has 1 aliphatic rings. The molecule has 2 heterocycles. The third-order valence-corrected chi connectivity index (χ3v) is 8.97. The Morgan fingerprint density at radius 2 is 1.63 bits per heavy atom. The van der Waals surface area contributed by atoms with Crippen LogP contribution in [-0.2, 0) is 14.8 Å². The van der Waals surface area contributed by atoms with E-state index in [1.165, 1.54) is 0 Å². The maximum Gasteiger partial charge on any atom is 0.255 e. The van der Waals surface area contributed by atoms with E-state index in [1.54, 1.807) is 31.2 Å². The molecule has 1 saturated heterocycles. The monoisotopic (exact) mass is 593 g/mol. The summed E-state index contributed by atoms with van der Waals surface area (Å²) in [5.74, 6) is 0.341. The molecule has 1 aromatic heterocycles. The lowest BCUT2D eigenvalue weighted by Crippen LogP contribution is -2.32. The van der Waals surface area contributed by atoms with Crippen LogP contribution in [0.15, 0.2) is 102 Å². The number of aryl methyl sites for hydroxylation is 1. The Morgan fingerprint density at radius 3 is 2.37 bits per heavy atom. The van der Waals surface area contributed by atoms with Crippen LogP contribution in [-0.4, -0.2) is 43.8 Å². The summed E-state index contributed by atoms with van der Waals surface area (Å²) in [7, 11) is -3.76. The number of nitrogens with zero attached hydrogens (tertiary/aromatic N) is 2. The second-order valence-corrected chi connectivity index (χ2v) is 12.2. The number of aromatic nitrogens is 2. The van der Waals surface area contributed by atoms with Crippen molar-refractivity contribution in [2.75, 3.05) is 23.8 Å². The highest BCUT2D eigenvalue weighted by atomic mass is 32.2. The molecule has 1 atom stereocenters. The molecule has 218 valence electrons. The zero-order valence-corrected chi connectivity index (χ0v) is 24.4. The van der Waals surface area contributed by atoms with Crippen molar-refractivity contribution in [1.82, 2.24) is 14.9 Å². The first-order chi connectivity index (χ1) is 20.9. The maximum absolute atomic E-state index is 13.2. The molecule has 0 bridgehead atoms. The zero-order valence-electron chi connectivity index (χ0n) is 23.6. The van der Waals surface area contributed by atoms with Crippen LogP contribution in [0.5, 0.6) is 0 Å². The van der Waals surface area contributed by atoms with E-state index in [-0.39, 0.29) is 23.5 Å². The van der Waals surface area contributed by atoms with Crippen LogP contribution in [0.2, 0.25) is 0 Å². The number of carbonyl (C=O) groups is 1. The summed E-state index contributed by atoms with van der Waals surface area (Å²) in [5.41, 5.74) is 3.85. The quantitative estimate of drug-likeness (QED) is 0.190. The molecular weight excluding hydrogens is 562 g/mol. The lowest BCUT2D eigenvalue weighted by Gasteiger charge is -2.15. The number of ether oxygens (including phenoxy) is 1. The topological polar surface area (TPSA) is 122 Å². The summed E-state index contributed by atoms with van der Waals surface area (Å²) < 4.78 is 34.8. The van der Waals surface area contributed by atoms with Crippen molar-refractivity contribution in [3.05, 3.63) is 108 Å². The van der Waals surface area contributed by atoms with Gasteiger partial charge in [0.1, 0.15) is 5.69 Å². The lowest BCUT2D eigenvalue weighted by molar-refractivity contribution is 0.102. The minimum atomic E-state index is -3.76. The van der Waals surface area contributed by atoms with Gasteiger partial charge >= 0.3 is 0 Å². The van der Waals surface area contributed by atoms with Gasteiger partial charge in [0.05, 0.1) is 11.0 Å². The summed E-state index contributed by atoms with van der Waals surface area (Å²) >= 11 is 0. The van der Waals surface area contributed by atoms with Gasteiger partial charge in [0.2, 0.25) is 10.0 Å². The first kappa shape index (κ1) is 28.5. The molecule has 5 aromatic rings. The molecule has 9 nitrogen and oxygen atoms in total. The van der Waals surface area contributed by atoms with Gasteiger partial charge in [0.25, 0.3) is 5.91 Å². The minimum Gasteiger partial charge on any atom is -0.377 e. The van der Waals surface area contributed by atoms with E-state index < -0.39 is 10.0 Å². The van der Waals surface area contributed by atoms with E-state index in [9.17, 15) is 13.2 Å². The van der Waals surface area contributed by atoms with Crippen molar-refractivity contribution in [3.63, 3.8) is 0 Å². The molecule has 1 fully saturated rings. The number of rotatable bonds is 9. The molecule has 0 aliphatic carbocycles. The van der Waals surface area contributed by atoms with Crippen molar-refractivity contribution < 1.29 is 17.9 Å². The number of benzene rings is 4. The Morgan fingerprint density at radius 1 is 0.884 bits per heavy atom. The van der Waals surface area contributed by atoms with Crippen molar-refractivity contribution in [2.45, 2.75) is 30.8 Å². The number of anilines is 3. The van der Waals surface area contributed by atoms with Crippen LogP contribution in [0.4, 0.5) is 17.2 Å². The highest BCUT2D eigenvalue weighted by Crippen LogP contribution is 2.33. The number of hydrogen-bond acceptors (Lipinski definition) is 7. The smallest absolute Gasteiger partial charge is 0.255 e. The number of sulfonamides is 1. The molecule has 1 aliphatic heterocycles. The molecule has 0 unspecified atom stereocenters. The van der Waals surface area contributed by atoms with Crippen molar-refractivity contribution >= 4 is 43.9 Å². The molecule has 0 saturated carbocycles. The van der Waals surface area contributed by atoms with Gasteiger partial charge in [-0.1, -0.05) is 54.6 Å². The normalized spacial score (nSPS) is 15.0. The van der Waals surface area contributed by atoms with Crippen molar-refractivity contribution in [1.29, 1.82) is 0 Å². The SMILES string of the molecule is Cc1ccc(-c2nnc(Nc3ccc(C(=O)Nc4ccccc4)cc3)c3ccccc23)cc1S(=O)(=O)NC[C@H]1CCCO1. The van der Waals surface area contributed by atoms with Crippen LogP contribution < -0.4 is 15.4 Å². The Hall–Kier alpha value is -4.64. The number of fused-ring (bicyclic) bond motifs is 1. The largest absolute Gasteiger partial charge is 0.377 e. The second-order valence-electron chi connectivity index (χ2n) is 10.4. The Balaban J connectivity index is 1.24. The molecule has 0 spiro atoms. The second kappa shape index (κ2) is 12.3. The van der Waals surface area contributed by atoms with Gasteiger partial charge in [-0.05, 0) is 67.8 Å². The molecule has 1 amide bonds. The fourth-order valence-electron chi connectivity index (χ4n) is 5.10. The summed E-state index contributed by atoms with van der Waals surface area (Å²) in [5, 5.41) is 16.8. The molecular formula is C33H31N5O4S. The number of carbonyl (C=O) groups excluding carboxylic acids is 1. The van der Waals surface area contributed by atoms with Crippen LogP contribution in [0, 0.1) is 6.92 Å². The average molecular weight is 594 g/mol. The van der Waals surface area contributed by atoms with Gasteiger partial charge in [0.15, 0.2) is 5.82 Å². The highest BCUT2D eigenvalue weighted by Gasteiger charge is 2.23. The van der Waals surface area contributed by atoms with Gasteiger partial charge in [-0.2, -0.15) is 0 Å². The molecule has 0 radical (unpaired) electrons. The van der Waals surface area contributed by atoms with Crippen LogP contribution in [0.3, 0.4) is 0 Å². The van der Waals surface area contributed by atoms with E-state index in [1.807, 2.05) is 72.8 Å². The lowest BCUT2D eigenvalue weighted by atomic mass is 10.0. The van der Waals surface area contributed by atoms with Gasteiger partial charge in [-0.25, -0.2) is 13.1 Å². The first-order valence-electron chi connectivity index (χ1n) is 14.1. The van der Waals surface area contributed by atoms with Gasteiger partial charge in [0, 0.05) is 46.4 Å². The van der Waals surface area contributed by atoms with E-state index in [0.29, 0.717) is 34.8 Å². The molecule has 10 heteroatoms. The standard InChI is InChI=1S/C33H31N5O4S/c1-22-13-14-24(20-30(22)43(40,41)34-21-27-10-7-19-42-27)31-28-11-5-6-12-29(28)32(38-37-31)35-26-17-15-23(16-18-26)33(39)36-25-8-3-2-4-9-25/h2-6,8-9,11-18,20,27,34H,7,10,19,21H2,1H3,(H,35,38)(H,36,39)/t27-/m1/s1. The minimum absolute atomic E-state index is 0.101. The Kier molecular flexibility index (Phi) is 8.15. The van der Waals surface area contributed by atoms with Gasteiger partial charge < -0.3 is 15.4 Å². The average Bonchev–Trinajstić information content (AvgIpc) is 3.55. The van der Waals surface area contributed by atoms with Crippen LogP contribution in [0.1, 0.15) is 28.8 Å².